The highest BCUT2D eigenvalue weighted by atomic mass is 16.5. The largest absolute Gasteiger partial charge is 0.490 e. The Labute approximate surface area is 102 Å². The third kappa shape index (κ3) is 2.99. The van der Waals surface area contributed by atoms with E-state index < -0.39 is 0 Å². The summed E-state index contributed by atoms with van der Waals surface area (Å²) in [5, 5.41) is 0. The van der Waals surface area contributed by atoms with E-state index in [1.807, 2.05) is 19.1 Å². The highest BCUT2D eigenvalue weighted by Gasteiger charge is 2.17. The highest BCUT2D eigenvalue weighted by Crippen LogP contribution is 2.25. The number of carbonyl (C=O) groups excluding carboxylic acids is 1. The molecule has 0 amide bonds. The summed E-state index contributed by atoms with van der Waals surface area (Å²) in [5.74, 6) is 0.460. The first-order valence-electron chi connectivity index (χ1n) is 6.05. The highest BCUT2D eigenvalue weighted by molar-refractivity contribution is 5.90. The molecule has 0 heterocycles. The first-order chi connectivity index (χ1) is 8.19. The fourth-order valence-electron chi connectivity index (χ4n) is 2.25. The van der Waals surface area contributed by atoms with Crippen molar-refractivity contribution in [2.24, 2.45) is 0 Å². The van der Waals surface area contributed by atoms with E-state index in [-0.39, 0.29) is 5.97 Å². The summed E-state index contributed by atoms with van der Waals surface area (Å²) in [6, 6.07) is 5.54. The number of esters is 1. The van der Waals surface area contributed by atoms with E-state index >= 15 is 0 Å². The summed E-state index contributed by atoms with van der Waals surface area (Å²) in [5.41, 5.74) is 1.57. The zero-order valence-electron chi connectivity index (χ0n) is 10.4. The fourth-order valence-corrected chi connectivity index (χ4v) is 2.25. The quantitative estimate of drug-likeness (QED) is 0.754. The maximum atomic E-state index is 11.5. The topological polar surface area (TPSA) is 35.5 Å². The molecule has 0 N–H and O–H groups in total. The van der Waals surface area contributed by atoms with Gasteiger partial charge in [0, 0.05) is 0 Å². The van der Waals surface area contributed by atoms with E-state index in [1.165, 1.54) is 20.0 Å². The zero-order valence-corrected chi connectivity index (χ0v) is 10.4. The van der Waals surface area contributed by atoms with Crippen molar-refractivity contribution in [3.8, 4) is 5.75 Å². The summed E-state index contributed by atoms with van der Waals surface area (Å²) in [7, 11) is 1.39. The number of carbonyl (C=O) groups is 1. The average Bonchev–Trinajstić information content (AvgIpc) is 2.80. The van der Waals surface area contributed by atoms with Gasteiger partial charge in [-0.1, -0.05) is 0 Å². The number of aryl methyl sites for hydroxylation is 1. The number of methoxy groups -OCH3 is 1. The van der Waals surface area contributed by atoms with Crippen molar-refractivity contribution in [1.82, 2.24) is 0 Å². The average molecular weight is 234 g/mol. The SMILES string of the molecule is COC(=O)c1cc(C)cc(OC2CCCC2)c1. The van der Waals surface area contributed by atoms with Crippen LogP contribution >= 0.6 is 0 Å². The van der Waals surface area contributed by atoms with Crippen LogP contribution < -0.4 is 4.74 Å². The summed E-state index contributed by atoms with van der Waals surface area (Å²) in [4.78, 5) is 11.5. The Hall–Kier alpha value is -1.51. The van der Waals surface area contributed by atoms with Crippen LogP contribution in [-0.4, -0.2) is 19.2 Å². The Morgan fingerprint density at radius 1 is 1.24 bits per heavy atom. The van der Waals surface area contributed by atoms with Gasteiger partial charge in [0.15, 0.2) is 0 Å². The number of rotatable bonds is 3. The van der Waals surface area contributed by atoms with Gasteiger partial charge in [0.05, 0.1) is 18.8 Å². The van der Waals surface area contributed by atoms with Crippen molar-refractivity contribution in [2.45, 2.75) is 38.7 Å². The fraction of sp³-hybridized carbons (Fsp3) is 0.500. The molecule has 0 radical (unpaired) electrons. The lowest BCUT2D eigenvalue weighted by atomic mass is 10.1. The molecule has 1 fully saturated rings. The standard InChI is InChI=1S/C14H18O3/c1-10-7-11(14(15)16-2)9-13(8-10)17-12-5-3-4-6-12/h7-9,12H,3-6H2,1-2H3. The first-order valence-corrected chi connectivity index (χ1v) is 6.05. The molecular weight excluding hydrogens is 216 g/mol. The first kappa shape index (κ1) is 12.0. The predicted octanol–water partition coefficient (Wildman–Crippen LogP) is 3.10. The summed E-state index contributed by atoms with van der Waals surface area (Å²) in [6.45, 7) is 1.95. The minimum Gasteiger partial charge on any atom is -0.490 e. The number of hydrogen-bond donors (Lipinski definition) is 0. The van der Waals surface area contributed by atoms with Crippen molar-refractivity contribution in [3.63, 3.8) is 0 Å². The van der Waals surface area contributed by atoms with Gasteiger partial charge in [0.25, 0.3) is 0 Å². The molecule has 0 unspecified atom stereocenters. The minimum absolute atomic E-state index is 0.308. The molecule has 0 atom stereocenters. The van der Waals surface area contributed by atoms with E-state index in [4.69, 9.17) is 9.47 Å². The number of benzene rings is 1. The van der Waals surface area contributed by atoms with E-state index in [2.05, 4.69) is 0 Å². The Balaban J connectivity index is 2.15. The molecule has 92 valence electrons. The van der Waals surface area contributed by atoms with Crippen LogP contribution in [0.4, 0.5) is 0 Å². The van der Waals surface area contributed by atoms with Crippen LogP contribution in [-0.2, 0) is 4.74 Å². The Morgan fingerprint density at radius 2 is 1.94 bits per heavy atom. The third-order valence-corrected chi connectivity index (χ3v) is 3.08. The van der Waals surface area contributed by atoms with Crippen molar-refractivity contribution in [2.75, 3.05) is 7.11 Å². The van der Waals surface area contributed by atoms with Crippen LogP contribution in [0.3, 0.4) is 0 Å². The van der Waals surface area contributed by atoms with Crippen LogP contribution in [0.5, 0.6) is 5.75 Å². The second kappa shape index (κ2) is 5.21. The van der Waals surface area contributed by atoms with Crippen molar-refractivity contribution >= 4 is 5.97 Å². The number of ether oxygens (including phenoxy) is 2. The molecule has 0 bridgehead atoms. The molecule has 1 aromatic carbocycles. The van der Waals surface area contributed by atoms with Crippen molar-refractivity contribution < 1.29 is 14.3 Å². The molecule has 3 heteroatoms. The van der Waals surface area contributed by atoms with Gasteiger partial charge < -0.3 is 9.47 Å². The molecule has 0 spiro atoms. The third-order valence-electron chi connectivity index (χ3n) is 3.08. The van der Waals surface area contributed by atoms with Crippen LogP contribution in [0, 0.1) is 6.92 Å². The molecule has 1 aliphatic carbocycles. The minimum atomic E-state index is -0.315. The molecule has 2 rings (SSSR count). The smallest absolute Gasteiger partial charge is 0.337 e. The van der Waals surface area contributed by atoms with Gasteiger partial charge >= 0.3 is 5.97 Å². The number of hydrogen-bond acceptors (Lipinski definition) is 3. The molecular formula is C14H18O3. The zero-order chi connectivity index (χ0) is 12.3. The van der Waals surface area contributed by atoms with E-state index in [9.17, 15) is 4.79 Å². The summed E-state index contributed by atoms with van der Waals surface area (Å²) < 4.78 is 10.6. The Morgan fingerprint density at radius 3 is 2.59 bits per heavy atom. The Bertz CT molecular complexity index is 406. The second-order valence-corrected chi connectivity index (χ2v) is 4.55. The molecule has 1 aliphatic rings. The van der Waals surface area contributed by atoms with Gasteiger partial charge in [0.1, 0.15) is 5.75 Å². The molecule has 1 aromatic rings. The maximum Gasteiger partial charge on any atom is 0.337 e. The molecule has 1 saturated carbocycles. The van der Waals surface area contributed by atoms with E-state index in [1.54, 1.807) is 6.07 Å². The molecule has 3 nitrogen and oxygen atoms in total. The van der Waals surface area contributed by atoms with Gasteiger partial charge in [-0.3, -0.25) is 0 Å². The van der Waals surface area contributed by atoms with Gasteiger partial charge in [0.2, 0.25) is 0 Å². The van der Waals surface area contributed by atoms with Crippen LogP contribution in [0.2, 0.25) is 0 Å². The summed E-state index contributed by atoms with van der Waals surface area (Å²) in [6.07, 6.45) is 5.01. The van der Waals surface area contributed by atoms with Crippen LogP contribution in [0.15, 0.2) is 18.2 Å². The van der Waals surface area contributed by atoms with Crippen LogP contribution in [0.1, 0.15) is 41.6 Å². The molecule has 0 aliphatic heterocycles. The van der Waals surface area contributed by atoms with Crippen molar-refractivity contribution in [1.29, 1.82) is 0 Å². The van der Waals surface area contributed by atoms with Crippen LogP contribution in [0.25, 0.3) is 0 Å². The lowest BCUT2D eigenvalue weighted by molar-refractivity contribution is 0.0599. The van der Waals surface area contributed by atoms with E-state index in [0.29, 0.717) is 11.7 Å². The van der Waals surface area contributed by atoms with Gasteiger partial charge in [-0.2, -0.15) is 0 Å². The molecule has 17 heavy (non-hydrogen) atoms. The van der Waals surface area contributed by atoms with Gasteiger partial charge in [-0.15, -0.1) is 0 Å². The second-order valence-electron chi connectivity index (χ2n) is 4.55. The lowest BCUT2D eigenvalue weighted by Crippen LogP contribution is -2.11. The Kier molecular flexibility index (Phi) is 3.67. The lowest BCUT2D eigenvalue weighted by Gasteiger charge is -2.14. The predicted molar refractivity (Wildman–Crippen MR) is 65.4 cm³/mol. The molecule has 0 saturated heterocycles. The van der Waals surface area contributed by atoms with E-state index in [0.717, 1.165) is 24.2 Å². The normalized spacial score (nSPS) is 15.9. The van der Waals surface area contributed by atoms with Gasteiger partial charge in [-0.25, -0.2) is 4.79 Å². The summed E-state index contributed by atoms with van der Waals surface area (Å²) >= 11 is 0. The molecule has 0 aromatic heterocycles. The van der Waals surface area contributed by atoms with Gasteiger partial charge in [-0.05, 0) is 56.4 Å². The van der Waals surface area contributed by atoms with Crippen molar-refractivity contribution in [3.05, 3.63) is 29.3 Å². The maximum absolute atomic E-state index is 11.5. The monoisotopic (exact) mass is 234 g/mol.